The van der Waals surface area contributed by atoms with Gasteiger partial charge in [0.2, 0.25) is 11.8 Å². The lowest BCUT2D eigenvalue weighted by Crippen LogP contribution is -2.52. The van der Waals surface area contributed by atoms with Crippen molar-refractivity contribution in [3.63, 3.8) is 0 Å². The summed E-state index contributed by atoms with van der Waals surface area (Å²) in [5.74, 6) is -0.848. The number of amides is 2. The Hall–Kier alpha value is -3.07. The molecule has 0 heterocycles. The van der Waals surface area contributed by atoms with Gasteiger partial charge in [-0.05, 0) is 56.2 Å². The summed E-state index contributed by atoms with van der Waals surface area (Å²) < 4.78 is 28.5. The summed E-state index contributed by atoms with van der Waals surface area (Å²) in [5.41, 5.74) is 1.97. The zero-order chi connectivity index (χ0) is 27.9. The molecule has 0 saturated carbocycles. The third-order valence-electron chi connectivity index (χ3n) is 5.92. The van der Waals surface area contributed by atoms with Gasteiger partial charge in [-0.2, -0.15) is 0 Å². The van der Waals surface area contributed by atoms with Gasteiger partial charge in [-0.3, -0.25) is 13.9 Å². The molecule has 0 aliphatic heterocycles. The molecule has 3 aromatic rings. The van der Waals surface area contributed by atoms with Crippen LogP contribution in [0.3, 0.4) is 0 Å². The molecule has 0 radical (unpaired) electrons. The van der Waals surface area contributed by atoms with Crippen molar-refractivity contribution in [2.75, 3.05) is 17.4 Å². The quantitative estimate of drug-likeness (QED) is 0.330. The molecule has 3 rings (SSSR count). The first-order valence-electron chi connectivity index (χ1n) is 12.2. The van der Waals surface area contributed by atoms with Crippen LogP contribution in [0.15, 0.2) is 77.7 Å². The Kier molecular flexibility index (Phi) is 10.2. The predicted molar refractivity (Wildman–Crippen MR) is 152 cm³/mol. The molecule has 7 nitrogen and oxygen atoms in total. The van der Waals surface area contributed by atoms with Gasteiger partial charge in [0.05, 0.1) is 10.6 Å². The van der Waals surface area contributed by atoms with E-state index in [4.69, 9.17) is 23.2 Å². The van der Waals surface area contributed by atoms with Gasteiger partial charge in [-0.15, -0.1) is 0 Å². The highest BCUT2D eigenvalue weighted by molar-refractivity contribution is 7.92. The number of carbonyl (C=O) groups is 2. The van der Waals surface area contributed by atoms with Crippen molar-refractivity contribution in [3.05, 3.63) is 94.0 Å². The molecule has 3 aromatic carbocycles. The number of nitrogens with one attached hydrogen (secondary N) is 1. The first kappa shape index (κ1) is 29.5. The van der Waals surface area contributed by atoms with E-state index in [-0.39, 0.29) is 33.1 Å². The Labute approximate surface area is 234 Å². The molecule has 0 aliphatic carbocycles. The fraction of sp³-hybridized carbons (Fsp3) is 0.286. The summed E-state index contributed by atoms with van der Waals surface area (Å²) in [6, 6.07) is 19.0. The number of halogens is 2. The number of likely N-dealkylation sites (N-methyl/N-ethyl adjacent to an activating group) is 1. The van der Waals surface area contributed by atoms with E-state index in [9.17, 15) is 18.0 Å². The maximum Gasteiger partial charge on any atom is 0.264 e. The summed E-state index contributed by atoms with van der Waals surface area (Å²) in [6.07, 6.45) is 0.345. The van der Waals surface area contributed by atoms with Crippen LogP contribution in [0.25, 0.3) is 0 Å². The van der Waals surface area contributed by atoms with E-state index < -0.39 is 28.5 Å². The lowest BCUT2D eigenvalue weighted by molar-refractivity contribution is -0.140. The van der Waals surface area contributed by atoms with Crippen LogP contribution in [0.1, 0.15) is 31.4 Å². The maximum atomic E-state index is 13.9. The number of hydrogen-bond donors (Lipinski definition) is 1. The molecular weight excluding hydrogens is 545 g/mol. The van der Waals surface area contributed by atoms with Gasteiger partial charge >= 0.3 is 0 Å². The minimum absolute atomic E-state index is 0.00454. The molecule has 0 fully saturated rings. The van der Waals surface area contributed by atoms with Crippen LogP contribution in [0.2, 0.25) is 10.0 Å². The second kappa shape index (κ2) is 13.1. The topological polar surface area (TPSA) is 86.8 Å². The van der Waals surface area contributed by atoms with E-state index >= 15 is 0 Å². The molecule has 0 unspecified atom stereocenters. The minimum Gasteiger partial charge on any atom is -0.355 e. The van der Waals surface area contributed by atoms with Gasteiger partial charge in [0.15, 0.2) is 0 Å². The van der Waals surface area contributed by atoms with Gasteiger partial charge < -0.3 is 10.2 Å². The molecule has 0 spiro atoms. The number of benzene rings is 3. The third kappa shape index (κ3) is 7.28. The highest BCUT2D eigenvalue weighted by atomic mass is 35.5. The van der Waals surface area contributed by atoms with Crippen LogP contribution < -0.4 is 9.62 Å². The Morgan fingerprint density at radius 2 is 1.58 bits per heavy atom. The lowest BCUT2D eigenvalue weighted by atomic mass is 10.1. The van der Waals surface area contributed by atoms with Crippen LogP contribution in [-0.2, 0) is 26.2 Å². The van der Waals surface area contributed by atoms with E-state index in [2.05, 4.69) is 5.32 Å². The van der Waals surface area contributed by atoms with Crippen molar-refractivity contribution in [2.24, 2.45) is 0 Å². The number of nitrogens with zero attached hydrogens (tertiary/aromatic N) is 2. The van der Waals surface area contributed by atoms with Crippen LogP contribution in [0.5, 0.6) is 0 Å². The Bertz CT molecular complexity index is 1360. The minimum atomic E-state index is -4.19. The zero-order valence-corrected chi connectivity index (χ0v) is 23.9. The molecule has 0 aromatic heterocycles. The van der Waals surface area contributed by atoms with Crippen molar-refractivity contribution in [3.8, 4) is 0 Å². The molecule has 2 amide bonds. The number of aryl methyl sites for hydroxylation is 1. The monoisotopic (exact) mass is 575 g/mol. The van der Waals surface area contributed by atoms with Crippen molar-refractivity contribution >= 4 is 50.7 Å². The van der Waals surface area contributed by atoms with Gasteiger partial charge in [-0.25, -0.2) is 8.42 Å². The molecular formula is C28H31Cl2N3O4S. The highest BCUT2D eigenvalue weighted by Gasteiger charge is 2.33. The molecule has 202 valence electrons. The molecule has 38 heavy (non-hydrogen) atoms. The number of sulfonamides is 1. The number of rotatable bonds is 11. The van der Waals surface area contributed by atoms with E-state index in [0.717, 1.165) is 15.4 Å². The normalized spacial score (nSPS) is 12.0. The smallest absolute Gasteiger partial charge is 0.264 e. The van der Waals surface area contributed by atoms with Gasteiger partial charge in [0, 0.05) is 23.1 Å². The fourth-order valence-electron chi connectivity index (χ4n) is 4.15. The summed E-state index contributed by atoms with van der Waals surface area (Å²) in [6.45, 7) is 5.52. The first-order valence-corrected chi connectivity index (χ1v) is 14.4. The number of carbonyl (C=O) groups excluding carboxylic acids is 2. The fourth-order valence-corrected chi connectivity index (χ4v) is 6.08. The third-order valence-corrected chi connectivity index (χ3v) is 8.14. The summed E-state index contributed by atoms with van der Waals surface area (Å²) in [4.78, 5) is 28.4. The van der Waals surface area contributed by atoms with Crippen molar-refractivity contribution in [2.45, 2.75) is 44.7 Å². The van der Waals surface area contributed by atoms with Crippen molar-refractivity contribution in [1.29, 1.82) is 0 Å². The van der Waals surface area contributed by atoms with Crippen LogP contribution in [0, 0.1) is 6.92 Å². The van der Waals surface area contributed by atoms with Crippen LogP contribution >= 0.6 is 23.2 Å². The summed E-state index contributed by atoms with van der Waals surface area (Å²) in [7, 11) is -4.19. The van der Waals surface area contributed by atoms with Gasteiger partial charge in [0.25, 0.3) is 10.0 Å². The van der Waals surface area contributed by atoms with Crippen LogP contribution in [-0.4, -0.2) is 44.3 Å². The molecule has 0 saturated heterocycles. The Morgan fingerprint density at radius 1 is 0.921 bits per heavy atom. The van der Waals surface area contributed by atoms with E-state index in [1.165, 1.54) is 35.2 Å². The number of anilines is 1. The summed E-state index contributed by atoms with van der Waals surface area (Å²) >= 11 is 12.4. The highest BCUT2D eigenvalue weighted by Crippen LogP contribution is 2.30. The molecule has 1 atom stereocenters. The van der Waals surface area contributed by atoms with Crippen molar-refractivity contribution < 1.29 is 18.0 Å². The van der Waals surface area contributed by atoms with E-state index in [1.54, 1.807) is 25.1 Å². The standard InChI is InChI=1S/C28H31Cl2N3O4S/c1-4-26(28(35)31-5-2)32(18-21-11-9-10-20(3)14-21)27(34)19-33(24-16-22(29)15-23(30)17-24)38(36,37)25-12-7-6-8-13-25/h6-17,26H,4-5,18-19H2,1-3H3,(H,31,35)/t26-/m0/s1. The van der Waals surface area contributed by atoms with E-state index in [0.29, 0.717) is 13.0 Å². The van der Waals surface area contributed by atoms with Gasteiger partial charge in [-0.1, -0.05) is 78.2 Å². The molecule has 10 heteroatoms. The summed E-state index contributed by atoms with van der Waals surface area (Å²) in [5, 5.41) is 3.23. The molecule has 0 bridgehead atoms. The number of hydrogen-bond acceptors (Lipinski definition) is 4. The second-order valence-corrected chi connectivity index (χ2v) is 11.5. The first-order chi connectivity index (χ1) is 18.1. The average molecular weight is 577 g/mol. The maximum absolute atomic E-state index is 13.9. The average Bonchev–Trinajstić information content (AvgIpc) is 2.87. The SMILES string of the molecule is CCNC(=O)[C@H](CC)N(Cc1cccc(C)c1)C(=O)CN(c1cc(Cl)cc(Cl)c1)S(=O)(=O)c1ccccc1. The molecule has 0 aliphatic rings. The predicted octanol–water partition coefficient (Wildman–Crippen LogP) is 5.44. The zero-order valence-electron chi connectivity index (χ0n) is 21.5. The van der Waals surface area contributed by atoms with Gasteiger partial charge in [0.1, 0.15) is 12.6 Å². The van der Waals surface area contributed by atoms with Crippen LogP contribution in [0.4, 0.5) is 5.69 Å². The Morgan fingerprint density at radius 3 is 2.16 bits per heavy atom. The molecule has 1 N–H and O–H groups in total. The second-order valence-electron chi connectivity index (χ2n) is 8.78. The largest absolute Gasteiger partial charge is 0.355 e. The van der Waals surface area contributed by atoms with E-state index in [1.807, 2.05) is 38.1 Å². The Balaban J connectivity index is 2.08. The lowest BCUT2D eigenvalue weighted by Gasteiger charge is -2.33. The van der Waals surface area contributed by atoms with Crippen molar-refractivity contribution in [1.82, 2.24) is 10.2 Å².